The highest BCUT2D eigenvalue weighted by atomic mass is 15.1. The third-order valence-corrected chi connectivity index (χ3v) is 9.27. The van der Waals surface area contributed by atoms with E-state index in [4.69, 9.17) is 4.98 Å². The first-order chi connectivity index (χ1) is 13.6. The maximum atomic E-state index is 4.69. The van der Waals surface area contributed by atoms with E-state index in [0.717, 1.165) is 23.3 Å². The van der Waals surface area contributed by atoms with Gasteiger partial charge in [-0.25, -0.2) is 4.98 Å². The molecule has 0 amide bonds. The number of benzene rings is 1. The normalized spacial score (nSPS) is 39.7. The van der Waals surface area contributed by atoms with Crippen LogP contribution in [-0.4, -0.2) is 9.55 Å². The van der Waals surface area contributed by atoms with Gasteiger partial charge in [-0.1, -0.05) is 50.1 Å². The van der Waals surface area contributed by atoms with Gasteiger partial charge in [0.15, 0.2) is 0 Å². The Bertz CT molecular complexity index is 995. The van der Waals surface area contributed by atoms with E-state index >= 15 is 0 Å². The van der Waals surface area contributed by atoms with Gasteiger partial charge in [-0.15, -0.1) is 0 Å². The van der Waals surface area contributed by atoms with Crippen molar-refractivity contribution in [1.29, 1.82) is 0 Å². The number of hydrogen-bond donors (Lipinski definition) is 0. The smallest absolute Gasteiger partial charge is 0.100 e. The molecule has 2 nitrogen and oxygen atoms in total. The first kappa shape index (κ1) is 17.1. The van der Waals surface area contributed by atoms with Gasteiger partial charge in [0.2, 0.25) is 0 Å². The van der Waals surface area contributed by atoms with Crippen LogP contribution in [-0.2, 0) is 0 Å². The molecule has 1 aromatic carbocycles. The van der Waals surface area contributed by atoms with Crippen molar-refractivity contribution in [2.24, 2.45) is 28.6 Å². The first-order valence-corrected chi connectivity index (χ1v) is 11.4. The van der Waals surface area contributed by atoms with E-state index in [9.17, 15) is 0 Å². The predicted molar refractivity (Wildman–Crippen MR) is 116 cm³/mol. The molecule has 6 rings (SSSR count). The summed E-state index contributed by atoms with van der Waals surface area (Å²) in [5.41, 5.74) is 6.50. The van der Waals surface area contributed by atoms with Crippen LogP contribution in [0.4, 0.5) is 0 Å². The van der Waals surface area contributed by atoms with Crippen molar-refractivity contribution in [2.75, 3.05) is 0 Å². The summed E-state index contributed by atoms with van der Waals surface area (Å²) in [5, 5.41) is 0. The molecule has 5 atom stereocenters. The number of hydrogen-bond acceptors (Lipinski definition) is 1. The molecule has 0 spiro atoms. The second kappa shape index (κ2) is 5.84. The second-order valence-corrected chi connectivity index (χ2v) is 10.4. The fourth-order valence-corrected chi connectivity index (χ4v) is 7.77. The van der Waals surface area contributed by atoms with Crippen molar-refractivity contribution in [3.63, 3.8) is 0 Å². The Balaban J connectivity index is 1.38. The number of aromatic nitrogens is 2. The van der Waals surface area contributed by atoms with Crippen LogP contribution in [0.25, 0.3) is 16.7 Å². The van der Waals surface area contributed by atoms with Gasteiger partial charge in [0.1, 0.15) is 6.33 Å². The zero-order chi connectivity index (χ0) is 18.9. The fourth-order valence-electron chi connectivity index (χ4n) is 7.77. The standard InChI is InChI=1S/C26H32N2/c1-25-15-6-5-7-18(25)10-11-19-20-12-13-24(26(20,2)16-14-21(19)25)28-17-27-22-8-3-4-9-23(22)28/h3-4,8-10,13,17,19-21H,5-7,11-12,14-16H2,1-2H3/t19-,20-,21-,25-,26-/m0/s1. The van der Waals surface area contributed by atoms with Gasteiger partial charge in [0, 0.05) is 11.1 Å². The topological polar surface area (TPSA) is 17.8 Å². The molecule has 0 unspecified atom stereocenters. The number of nitrogens with zero attached hydrogens (tertiary/aromatic N) is 2. The van der Waals surface area contributed by atoms with Crippen LogP contribution in [0.2, 0.25) is 0 Å². The predicted octanol–water partition coefficient (Wildman–Crippen LogP) is 6.84. The van der Waals surface area contributed by atoms with Gasteiger partial charge in [-0.05, 0) is 80.2 Å². The molecule has 2 aromatic rings. The Morgan fingerprint density at radius 1 is 0.964 bits per heavy atom. The molecule has 0 bridgehead atoms. The minimum absolute atomic E-state index is 0.293. The van der Waals surface area contributed by atoms with Gasteiger partial charge in [-0.3, -0.25) is 0 Å². The zero-order valence-corrected chi connectivity index (χ0v) is 17.3. The largest absolute Gasteiger partial charge is 0.302 e. The van der Waals surface area contributed by atoms with Crippen LogP contribution in [0, 0.1) is 28.6 Å². The average Bonchev–Trinajstić information content (AvgIpc) is 3.28. The summed E-state index contributed by atoms with van der Waals surface area (Å²) in [6, 6.07) is 8.60. The molecule has 0 radical (unpaired) electrons. The Labute approximate surface area is 168 Å². The van der Waals surface area contributed by atoms with Gasteiger partial charge < -0.3 is 4.57 Å². The Morgan fingerprint density at radius 2 is 1.86 bits per heavy atom. The highest BCUT2D eigenvalue weighted by Gasteiger charge is 2.56. The van der Waals surface area contributed by atoms with Crippen LogP contribution in [0.1, 0.15) is 65.2 Å². The quantitative estimate of drug-likeness (QED) is 0.501. The molecular formula is C26H32N2. The highest BCUT2D eigenvalue weighted by molar-refractivity contribution is 5.80. The summed E-state index contributed by atoms with van der Waals surface area (Å²) in [4.78, 5) is 4.69. The molecule has 4 aliphatic rings. The maximum absolute atomic E-state index is 4.69. The van der Waals surface area contributed by atoms with Crippen molar-refractivity contribution in [3.8, 4) is 0 Å². The summed E-state index contributed by atoms with van der Waals surface area (Å²) in [7, 11) is 0. The molecule has 28 heavy (non-hydrogen) atoms. The molecule has 0 saturated heterocycles. The lowest BCUT2D eigenvalue weighted by atomic mass is 9.48. The van der Waals surface area contributed by atoms with E-state index in [1.807, 2.05) is 5.57 Å². The molecule has 0 N–H and O–H groups in total. The Kier molecular flexibility index (Phi) is 3.56. The fraction of sp³-hybridized carbons (Fsp3) is 0.577. The Hall–Kier alpha value is -1.83. The summed E-state index contributed by atoms with van der Waals surface area (Å²) < 4.78 is 2.40. The van der Waals surface area contributed by atoms with Gasteiger partial charge in [0.25, 0.3) is 0 Å². The van der Waals surface area contributed by atoms with Crippen molar-refractivity contribution < 1.29 is 0 Å². The molecule has 1 heterocycles. The highest BCUT2D eigenvalue weighted by Crippen LogP contribution is 2.65. The van der Waals surface area contributed by atoms with Gasteiger partial charge in [-0.2, -0.15) is 0 Å². The van der Waals surface area contributed by atoms with E-state index in [1.165, 1.54) is 62.6 Å². The molecule has 146 valence electrons. The van der Waals surface area contributed by atoms with Crippen molar-refractivity contribution in [3.05, 3.63) is 48.3 Å². The van der Waals surface area contributed by atoms with E-state index in [2.05, 4.69) is 61.2 Å². The minimum Gasteiger partial charge on any atom is -0.302 e. The first-order valence-electron chi connectivity index (χ1n) is 11.4. The van der Waals surface area contributed by atoms with Crippen LogP contribution >= 0.6 is 0 Å². The van der Waals surface area contributed by atoms with Crippen LogP contribution in [0.3, 0.4) is 0 Å². The van der Waals surface area contributed by atoms with E-state index in [-0.39, 0.29) is 0 Å². The van der Waals surface area contributed by atoms with Crippen molar-refractivity contribution in [2.45, 2.75) is 65.2 Å². The summed E-state index contributed by atoms with van der Waals surface area (Å²) in [5.74, 6) is 2.55. The number of imidazole rings is 1. The minimum atomic E-state index is 0.293. The van der Waals surface area contributed by atoms with E-state index < -0.39 is 0 Å². The van der Waals surface area contributed by atoms with Crippen molar-refractivity contribution >= 4 is 16.7 Å². The summed E-state index contributed by atoms with van der Waals surface area (Å²) in [6.07, 6.45) is 18.2. The molecule has 4 aliphatic carbocycles. The number of allylic oxidation sites excluding steroid dienone is 4. The Morgan fingerprint density at radius 3 is 2.79 bits per heavy atom. The number of fused-ring (bicyclic) bond motifs is 6. The van der Waals surface area contributed by atoms with Crippen LogP contribution in [0.5, 0.6) is 0 Å². The van der Waals surface area contributed by atoms with E-state index in [0.29, 0.717) is 10.8 Å². The molecule has 2 heteroatoms. The molecule has 1 aromatic heterocycles. The molecule has 2 fully saturated rings. The lowest BCUT2D eigenvalue weighted by molar-refractivity contribution is -0.0112. The lowest BCUT2D eigenvalue weighted by Crippen LogP contribution is -2.49. The second-order valence-electron chi connectivity index (χ2n) is 10.4. The zero-order valence-electron chi connectivity index (χ0n) is 17.3. The van der Waals surface area contributed by atoms with Crippen molar-refractivity contribution in [1.82, 2.24) is 9.55 Å². The number of para-hydroxylation sites is 2. The monoisotopic (exact) mass is 372 g/mol. The SMILES string of the molecule is C[C@]12CCCCC1=CC[C@@H]1[C@@H]2CC[C@]2(C)C(n3cnc4ccccc43)=CC[C@@H]12. The van der Waals surface area contributed by atoms with Gasteiger partial charge >= 0.3 is 0 Å². The van der Waals surface area contributed by atoms with Crippen LogP contribution in [0.15, 0.2) is 48.3 Å². The molecule has 0 aliphatic heterocycles. The summed E-state index contributed by atoms with van der Waals surface area (Å²) >= 11 is 0. The summed E-state index contributed by atoms with van der Waals surface area (Å²) in [6.45, 7) is 5.17. The van der Waals surface area contributed by atoms with Crippen LogP contribution < -0.4 is 0 Å². The molecule has 2 saturated carbocycles. The number of rotatable bonds is 1. The average molecular weight is 373 g/mol. The maximum Gasteiger partial charge on any atom is 0.100 e. The molecular weight excluding hydrogens is 340 g/mol. The van der Waals surface area contributed by atoms with Gasteiger partial charge in [0.05, 0.1) is 11.0 Å². The third kappa shape index (κ3) is 2.12. The lowest BCUT2D eigenvalue weighted by Gasteiger charge is -2.57. The third-order valence-electron chi connectivity index (χ3n) is 9.27. The van der Waals surface area contributed by atoms with E-state index in [1.54, 1.807) is 0 Å².